The number of carbonyl (C=O) groups is 1. The molecule has 0 aliphatic carbocycles. The van der Waals surface area contributed by atoms with Gasteiger partial charge in [-0.2, -0.15) is 4.98 Å². The molecule has 2 aromatic carbocycles. The van der Waals surface area contributed by atoms with Crippen LogP contribution in [0.4, 0.5) is 0 Å². The summed E-state index contributed by atoms with van der Waals surface area (Å²) in [6.45, 7) is 0.00428. The van der Waals surface area contributed by atoms with Crippen LogP contribution in [0.3, 0.4) is 0 Å². The number of rotatable bonds is 5. The highest BCUT2D eigenvalue weighted by Crippen LogP contribution is 2.40. The predicted molar refractivity (Wildman–Crippen MR) is 96.1 cm³/mol. The first kappa shape index (κ1) is 17.1. The van der Waals surface area contributed by atoms with Crippen LogP contribution in [-0.4, -0.2) is 22.9 Å². The van der Waals surface area contributed by atoms with Crippen LogP contribution in [0, 0.1) is 0 Å². The van der Waals surface area contributed by atoms with Gasteiger partial charge in [-0.05, 0) is 23.8 Å². The summed E-state index contributed by atoms with van der Waals surface area (Å²) in [4.78, 5) is 16.1. The van der Waals surface area contributed by atoms with Gasteiger partial charge in [0.15, 0.2) is 18.1 Å². The summed E-state index contributed by atoms with van der Waals surface area (Å²) in [7, 11) is 0. The molecule has 0 saturated carbocycles. The number of benzene rings is 2. The SMILES string of the molecule is O=C(/C=C/c1cc(Cl)c2c(c1)OCO2)OCc1nc(-c2ccccc2)no1. The Bertz CT molecular complexity index is 1000. The van der Waals surface area contributed by atoms with Gasteiger partial charge >= 0.3 is 5.97 Å². The maximum atomic E-state index is 11.9. The van der Waals surface area contributed by atoms with Crippen LogP contribution >= 0.6 is 11.6 Å². The molecule has 27 heavy (non-hydrogen) atoms. The van der Waals surface area contributed by atoms with Crippen LogP contribution in [-0.2, 0) is 16.1 Å². The van der Waals surface area contributed by atoms with E-state index < -0.39 is 5.97 Å². The Balaban J connectivity index is 1.36. The van der Waals surface area contributed by atoms with Gasteiger partial charge in [-0.25, -0.2) is 4.79 Å². The lowest BCUT2D eigenvalue weighted by atomic mass is 10.2. The van der Waals surface area contributed by atoms with Gasteiger partial charge < -0.3 is 18.7 Å². The van der Waals surface area contributed by atoms with Gasteiger partial charge in [0, 0.05) is 11.6 Å². The highest BCUT2D eigenvalue weighted by molar-refractivity contribution is 6.32. The van der Waals surface area contributed by atoms with Crippen molar-refractivity contribution in [1.82, 2.24) is 10.1 Å². The summed E-state index contributed by atoms with van der Waals surface area (Å²) >= 11 is 6.10. The summed E-state index contributed by atoms with van der Waals surface area (Å²) < 4.78 is 20.7. The van der Waals surface area contributed by atoms with E-state index in [-0.39, 0.29) is 19.3 Å². The van der Waals surface area contributed by atoms with Crippen molar-refractivity contribution in [2.24, 2.45) is 0 Å². The summed E-state index contributed by atoms with van der Waals surface area (Å²) in [5, 5.41) is 4.28. The van der Waals surface area contributed by atoms with Crippen molar-refractivity contribution in [3.8, 4) is 22.9 Å². The standard InChI is InChI=1S/C19H13ClN2O5/c20-14-8-12(9-15-18(14)26-11-25-15)6-7-17(23)24-10-16-21-19(22-27-16)13-4-2-1-3-5-13/h1-9H,10-11H2/b7-6+. The number of hydrogen-bond donors (Lipinski definition) is 0. The highest BCUT2D eigenvalue weighted by atomic mass is 35.5. The topological polar surface area (TPSA) is 83.7 Å². The third kappa shape index (κ3) is 3.93. The second kappa shape index (κ2) is 7.51. The van der Waals surface area contributed by atoms with Crippen molar-refractivity contribution in [2.75, 3.05) is 6.79 Å². The Labute approximate surface area is 159 Å². The molecule has 0 atom stereocenters. The molecule has 4 rings (SSSR count). The van der Waals surface area contributed by atoms with Gasteiger partial charge in [0.2, 0.25) is 12.6 Å². The minimum Gasteiger partial charge on any atom is -0.454 e. The van der Waals surface area contributed by atoms with Crippen LogP contribution in [0.5, 0.6) is 11.5 Å². The zero-order valence-corrected chi connectivity index (χ0v) is 14.7. The second-order valence-corrected chi connectivity index (χ2v) is 5.96. The second-order valence-electron chi connectivity index (χ2n) is 5.56. The molecule has 136 valence electrons. The number of hydrogen-bond acceptors (Lipinski definition) is 7. The number of ether oxygens (including phenoxy) is 3. The Hall–Kier alpha value is -3.32. The normalized spacial score (nSPS) is 12.5. The van der Waals surface area contributed by atoms with Crippen molar-refractivity contribution >= 4 is 23.6 Å². The lowest BCUT2D eigenvalue weighted by molar-refractivity contribution is -0.139. The molecule has 1 aliphatic rings. The molecule has 0 bridgehead atoms. The molecular formula is C19H13ClN2O5. The van der Waals surface area contributed by atoms with Crippen molar-refractivity contribution in [1.29, 1.82) is 0 Å². The average molecular weight is 385 g/mol. The van der Waals surface area contributed by atoms with Crippen LogP contribution in [0.15, 0.2) is 53.1 Å². The fourth-order valence-corrected chi connectivity index (χ4v) is 2.72. The Morgan fingerprint density at radius 3 is 2.93 bits per heavy atom. The van der Waals surface area contributed by atoms with E-state index in [1.54, 1.807) is 18.2 Å². The summed E-state index contributed by atoms with van der Waals surface area (Å²) in [6, 6.07) is 12.8. The number of aromatic nitrogens is 2. The minimum absolute atomic E-state index is 0.120. The average Bonchev–Trinajstić information content (AvgIpc) is 3.35. The largest absolute Gasteiger partial charge is 0.454 e. The van der Waals surface area contributed by atoms with E-state index in [9.17, 15) is 4.79 Å². The van der Waals surface area contributed by atoms with Crippen molar-refractivity contribution in [3.05, 3.63) is 65.0 Å². The zero-order valence-electron chi connectivity index (χ0n) is 13.9. The third-order valence-electron chi connectivity index (χ3n) is 3.70. The maximum absolute atomic E-state index is 11.9. The van der Waals surface area contributed by atoms with Crippen molar-refractivity contribution < 1.29 is 23.5 Å². The fourth-order valence-electron chi connectivity index (χ4n) is 2.45. The highest BCUT2D eigenvalue weighted by Gasteiger charge is 2.17. The van der Waals surface area contributed by atoms with Crippen LogP contribution in [0.2, 0.25) is 5.02 Å². The molecule has 0 saturated heterocycles. The van der Waals surface area contributed by atoms with E-state index in [0.29, 0.717) is 27.9 Å². The van der Waals surface area contributed by atoms with Gasteiger partial charge in [0.25, 0.3) is 5.89 Å². The Morgan fingerprint density at radius 2 is 2.07 bits per heavy atom. The molecule has 8 heteroatoms. The van der Waals surface area contributed by atoms with Crippen LogP contribution in [0.1, 0.15) is 11.5 Å². The fraction of sp³-hybridized carbons (Fsp3) is 0.105. The van der Waals surface area contributed by atoms with Gasteiger partial charge in [0.05, 0.1) is 5.02 Å². The van der Waals surface area contributed by atoms with E-state index in [2.05, 4.69) is 10.1 Å². The number of esters is 1. The molecule has 7 nitrogen and oxygen atoms in total. The molecule has 0 spiro atoms. The first-order chi connectivity index (χ1) is 13.2. The molecule has 0 unspecified atom stereocenters. The summed E-state index contributed by atoms with van der Waals surface area (Å²) in [5.41, 5.74) is 1.50. The van der Waals surface area contributed by atoms with E-state index in [4.69, 9.17) is 30.3 Å². The summed E-state index contributed by atoms with van der Waals surface area (Å²) in [6.07, 6.45) is 2.85. The van der Waals surface area contributed by atoms with Gasteiger partial charge in [0.1, 0.15) is 0 Å². The molecular weight excluding hydrogens is 372 g/mol. The number of fused-ring (bicyclic) bond motifs is 1. The van der Waals surface area contributed by atoms with E-state index >= 15 is 0 Å². The number of nitrogens with zero attached hydrogens (tertiary/aromatic N) is 2. The predicted octanol–water partition coefficient (Wildman–Crippen LogP) is 3.88. The maximum Gasteiger partial charge on any atom is 0.331 e. The first-order valence-electron chi connectivity index (χ1n) is 8.01. The number of halogens is 1. The molecule has 3 aromatic rings. The Morgan fingerprint density at radius 1 is 1.22 bits per heavy atom. The molecule has 1 aromatic heterocycles. The Kier molecular flexibility index (Phi) is 4.76. The molecule has 1 aliphatic heterocycles. The van der Waals surface area contributed by atoms with E-state index in [1.165, 1.54) is 6.08 Å². The summed E-state index contributed by atoms with van der Waals surface area (Å²) in [5.74, 6) is 1.13. The minimum atomic E-state index is -0.553. The third-order valence-corrected chi connectivity index (χ3v) is 3.98. The van der Waals surface area contributed by atoms with Crippen molar-refractivity contribution in [3.63, 3.8) is 0 Å². The zero-order chi connectivity index (χ0) is 18.6. The lowest BCUT2D eigenvalue weighted by Gasteiger charge is -2.01. The quantitative estimate of drug-likeness (QED) is 0.487. The number of carbonyl (C=O) groups excluding carboxylic acids is 1. The van der Waals surface area contributed by atoms with Gasteiger partial charge in [-0.3, -0.25) is 0 Å². The van der Waals surface area contributed by atoms with Crippen LogP contribution < -0.4 is 9.47 Å². The smallest absolute Gasteiger partial charge is 0.331 e. The molecule has 0 N–H and O–H groups in total. The molecule has 0 radical (unpaired) electrons. The van der Waals surface area contributed by atoms with Gasteiger partial charge in [-0.1, -0.05) is 47.1 Å². The lowest BCUT2D eigenvalue weighted by Crippen LogP contribution is -2.01. The molecule has 2 heterocycles. The van der Waals surface area contributed by atoms with Crippen LogP contribution in [0.25, 0.3) is 17.5 Å². The van der Waals surface area contributed by atoms with Gasteiger partial charge in [-0.15, -0.1) is 0 Å². The van der Waals surface area contributed by atoms with E-state index in [0.717, 1.165) is 5.56 Å². The first-order valence-corrected chi connectivity index (χ1v) is 8.39. The molecule has 0 fully saturated rings. The molecule has 0 amide bonds. The monoisotopic (exact) mass is 384 g/mol. The van der Waals surface area contributed by atoms with E-state index in [1.807, 2.05) is 30.3 Å². The van der Waals surface area contributed by atoms with Crippen molar-refractivity contribution in [2.45, 2.75) is 6.61 Å².